The van der Waals surface area contributed by atoms with Gasteiger partial charge in [-0.05, 0) is 12.1 Å². The van der Waals surface area contributed by atoms with Gasteiger partial charge in [-0.1, -0.05) is 0 Å². The van der Waals surface area contributed by atoms with E-state index in [9.17, 15) is 9.59 Å². The van der Waals surface area contributed by atoms with Gasteiger partial charge in [-0.25, -0.2) is 9.78 Å². The molecule has 2 N–H and O–H groups in total. The Morgan fingerprint density at radius 2 is 2.12 bits per heavy atom. The van der Waals surface area contributed by atoms with Crippen LogP contribution in [0.4, 0.5) is 0 Å². The van der Waals surface area contributed by atoms with Crippen LogP contribution in [0.2, 0.25) is 0 Å². The first-order valence-corrected chi connectivity index (χ1v) is 4.41. The topological polar surface area (TPSA) is 95.9 Å². The van der Waals surface area contributed by atoms with Crippen LogP contribution in [0.1, 0.15) is 10.5 Å². The summed E-state index contributed by atoms with van der Waals surface area (Å²) < 4.78 is 0. The van der Waals surface area contributed by atoms with Gasteiger partial charge >= 0.3 is 5.97 Å². The average Bonchev–Trinajstić information content (AvgIpc) is 2.78. The zero-order valence-corrected chi connectivity index (χ0v) is 8.04. The quantitative estimate of drug-likeness (QED) is 0.583. The maximum absolute atomic E-state index is 11.1. The summed E-state index contributed by atoms with van der Waals surface area (Å²) in [6.07, 6.45) is 4.36. The summed E-state index contributed by atoms with van der Waals surface area (Å²) in [6.45, 7) is 0. The Labute approximate surface area is 90.0 Å². The lowest BCUT2D eigenvalue weighted by Gasteiger charge is -1.93. The summed E-state index contributed by atoms with van der Waals surface area (Å²) in [5, 5.41) is 8.51. The maximum atomic E-state index is 11.1. The largest absolute Gasteiger partial charge is 0.475 e. The number of ketones is 1. The molecule has 2 aromatic rings. The molecule has 0 bridgehead atoms. The van der Waals surface area contributed by atoms with Crippen molar-refractivity contribution in [3.63, 3.8) is 0 Å². The van der Waals surface area contributed by atoms with Gasteiger partial charge in [-0.3, -0.25) is 9.78 Å². The molecule has 0 spiro atoms. The van der Waals surface area contributed by atoms with Gasteiger partial charge in [-0.15, -0.1) is 0 Å². The smallest absolute Gasteiger partial charge is 0.378 e. The highest BCUT2D eigenvalue weighted by Crippen LogP contribution is 2.13. The highest BCUT2D eigenvalue weighted by Gasteiger charge is 2.17. The van der Waals surface area contributed by atoms with Crippen LogP contribution < -0.4 is 0 Å². The minimum atomic E-state index is -1.51. The molecule has 0 unspecified atom stereocenters. The number of carbonyl (C=O) groups is 2. The van der Waals surface area contributed by atoms with E-state index in [1.807, 2.05) is 0 Å². The first-order chi connectivity index (χ1) is 7.68. The maximum Gasteiger partial charge on any atom is 0.378 e. The second-order valence-corrected chi connectivity index (χ2v) is 3.02. The Morgan fingerprint density at radius 3 is 2.75 bits per heavy atom. The molecule has 0 radical (unpaired) electrons. The van der Waals surface area contributed by atoms with Gasteiger partial charge in [-0.2, -0.15) is 0 Å². The van der Waals surface area contributed by atoms with E-state index in [0.717, 1.165) is 0 Å². The van der Waals surface area contributed by atoms with Crippen molar-refractivity contribution in [2.24, 2.45) is 0 Å². The van der Waals surface area contributed by atoms with Crippen LogP contribution >= 0.6 is 0 Å². The van der Waals surface area contributed by atoms with Gasteiger partial charge in [0.1, 0.15) is 11.5 Å². The van der Waals surface area contributed by atoms with Crippen LogP contribution in [0.15, 0.2) is 30.7 Å². The van der Waals surface area contributed by atoms with Crippen molar-refractivity contribution in [3.05, 3.63) is 36.4 Å². The van der Waals surface area contributed by atoms with Crippen LogP contribution in [-0.4, -0.2) is 31.8 Å². The van der Waals surface area contributed by atoms with E-state index in [1.54, 1.807) is 24.5 Å². The van der Waals surface area contributed by atoms with Crippen molar-refractivity contribution >= 4 is 11.8 Å². The van der Waals surface area contributed by atoms with Crippen LogP contribution in [0.3, 0.4) is 0 Å². The standard InChI is InChI=1S/C10H7N3O3/c14-8(10(15)16)7-5-12-9(13-7)6-2-1-3-11-4-6/h1-5H,(H,12,13)(H,15,16). The SMILES string of the molecule is O=C(O)C(=O)c1cnc(-c2cccnc2)[nH]1. The third-order valence-electron chi connectivity index (χ3n) is 1.95. The number of imidazole rings is 1. The minimum Gasteiger partial charge on any atom is -0.475 e. The summed E-state index contributed by atoms with van der Waals surface area (Å²) in [5.74, 6) is -2.11. The fourth-order valence-corrected chi connectivity index (χ4v) is 1.20. The monoisotopic (exact) mass is 217 g/mol. The Hall–Kier alpha value is -2.50. The highest BCUT2D eigenvalue weighted by molar-refractivity contribution is 6.39. The van der Waals surface area contributed by atoms with E-state index in [2.05, 4.69) is 15.0 Å². The van der Waals surface area contributed by atoms with Crippen LogP contribution in [-0.2, 0) is 4.79 Å². The molecular formula is C10H7N3O3. The van der Waals surface area contributed by atoms with Gasteiger partial charge in [0.25, 0.3) is 5.78 Å². The Morgan fingerprint density at radius 1 is 1.31 bits per heavy atom. The molecule has 0 saturated heterocycles. The van der Waals surface area contributed by atoms with Crippen LogP contribution in [0, 0.1) is 0 Å². The lowest BCUT2D eigenvalue weighted by molar-refractivity contribution is -0.131. The minimum absolute atomic E-state index is 0.0497. The van der Waals surface area contributed by atoms with E-state index >= 15 is 0 Å². The summed E-state index contributed by atoms with van der Waals surface area (Å²) in [5.41, 5.74) is 0.637. The number of pyridine rings is 1. The number of aliphatic carboxylic acids is 1. The Bertz CT molecular complexity index is 533. The number of nitrogens with zero attached hydrogens (tertiary/aromatic N) is 2. The van der Waals surface area contributed by atoms with Crippen molar-refractivity contribution in [3.8, 4) is 11.4 Å². The molecule has 0 fully saturated rings. The number of rotatable bonds is 3. The number of nitrogens with one attached hydrogen (secondary N) is 1. The van der Waals surface area contributed by atoms with E-state index in [-0.39, 0.29) is 5.69 Å². The number of carbonyl (C=O) groups excluding carboxylic acids is 1. The zero-order valence-electron chi connectivity index (χ0n) is 8.04. The number of hydrogen-bond donors (Lipinski definition) is 2. The predicted molar refractivity (Wildman–Crippen MR) is 53.8 cm³/mol. The molecule has 0 aromatic carbocycles. The molecule has 2 rings (SSSR count). The predicted octanol–water partition coefficient (Wildman–Crippen LogP) is 0.739. The lowest BCUT2D eigenvalue weighted by Crippen LogP contribution is -2.12. The lowest BCUT2D eigenvalue weighted by atomic mass is 10.3. The molecule has 0 aliphatic carbocycles. The summed E-state index contributed by atoms with van der Waals surface area (Å²) in [4.78, 5) is 32.0. The number of Topliss-reactive ketones (excluding diaryl/α,β-unsaturated/α-hetero) is 1. The fourth-order valence-electron chi connectivity index (χ4n) is 1.20. The molecule has 0 atom stereocenters. The first kappa shape index (κ1) is 10.0. The number of aromatic nitrogens is 3. The van der Waals surface area contributed by atoms with Crippen LogP contribution in [0.5, 0.6) is 0 Å². The van der Waals surface area contributed by atoms with E-state index < -0.39 is 11.8 Å². The van der Waals surface area contributed by atoms with Crippen molar-refractivity contribution in [2.75, 3.05) is 0 Å². The molecule has 6 heteroatoms. The third-order valence-corrected chi connectivity index (χ3v) is 1.95. The third kappa shape index (κ3) is 1.81. The average molecular weight is 217 g/mol. The van der Waals surface area contributed by atoms with Gasteiger partial charge in [0.15, 0.2) is 0 Å². The van der Waals surface area contributed by atoms with E-state index in [0.29, 0.717) is 11.4 Å². The van der Waals surface area contributed by atoms with Crippen molar-refractivity contribution in [2.45, 2.75) is 0 Å². The number of H-pyrrole nitrogens is 1. The second-order valence-electron chi connectivity index (χ2n) is 3.02. The summed E-state index contributed by atoms with van der Waals surface area (Å²) in [7, 11) is 0. The number of carboxylic acids is 1. The molecule has 0 aliphatic rings. The van der Waals surface area contributed by atoms with Gasteiger partial charge in [0.05, 0.1) is 6.20 Å². The van der Waals surface area contributed by atoms with Crippen LogP contribution in [0.25, 0.3) is 11.4 Å². The first-order valence-electron chi connectivity index (χ1n) is 4.41. The number of carboxylic acid groups (broad SMARTS) is 1. The molecule has 2 heterocycles. The summed E-state index contributed by atoms with van der Waals surface area (Å²) >= 11 is 0. The normalized spacial score (nSPS) is 10.0. The molecule has 0 amide bonds. The molecule has 0 saturated carbocycles. The van der Waals surface area contributed by atoms with E-state index in [4.69, 9.17) is 5.11 Å². The number of aromatic amines is 1. The molecule has 0 aliphatic heterocycles. The fraction of sp³-hybridized carbons (Fsp3) is 0. The summed E-state index contributed by atoms with van der Waals surface area (Å²) in [6, 6.07) is 3.47. The molecular weight excluding hydrogens is 210 g/mol. The molecule has 2 aromatic heterocycles. The van der Waals surface area contributed by atoms with E-state index in [1.165, 1.54) is 6.20 Å². The Balaban J connectivity index is 2.34. The zero-order chi connectivity index (χ0) is 11.5. The van der Waals surface area contributed by atoms with Crippen molar-refractivity contribution in [1.29, 1.82) is 0 Å². The Kier molecular flexibility index (Phi) is 2.47. The van der Waals surface area contributed by atoms with Gasteiger partial charge in [0.2, 0.25) is 0 Å². The van der Waals surface area contributed by atoms with Gasteiger partial charge in [0, 0.05) is 18.0 Å². The van der Waals surface area contributed by atoms with Gasteiger partial charge < -0.3 is 10.1 Å². The molecule has 6 nitrogen and oxygen atoms in total. The second kappa shape index (κ2) is 3.93. The number of hydrogen-bond acceptors (Lipinski definition) is 4. The molecule has 80 valence electrons. The van der Waals surface area contributed by atoms with Crippen molar-refractivity contribution in [1.82, 2.24) is 15.0 Å². The highest BCUT2D eigenvalue weighted by atomic mass is 16.4. The molecule has 16 heavy (non-hydrogen) atoms. The van der Waals surface area contributed by atoms with Crippen molar-refractivity contribution < 1.29 is 14.7 Å².